The van der Waals surface area contributed by atoms with E-state index in [1.165, 1.54) is 0 Å². The first-order chi connectivity index (χ1) is 18.1. The lowest BCUT2D eigenvalue weighted by molar-refractivity contribution is -0.197. The van der Waals surface area contributed by atoms with Gasteiger partial charge in [0.15, 0.2) is 0 Å². The average Bonchev–Trinajstić information content (AvgIpc) is 3.43. The summed E-state index contributed by atoms with van der Waals surface area (Å²) in [6.07, 6.45) is 2.04. The van der Waals surface area contributed by atoms with E-state index < -0.39 is 42.1 Å². The van der Waals surface area contributed by atoms with Crippen molar-refractivity contribution in [2.75, 3.05) is 5.73 Å². The number of H-pyrrole nitrogens is 2. The number of nitrogens with zero attached hydrogens (tertiary/aromatic N) is 1. The quantitative estimate of drug-likeness (QED) is 0.238. The molecule has 2 aromatic heterocycles. The molecule has 4 rings (SSSR count). The lowest BCUT2D eigenvalue weighted by Gasteiger charge is -2.16. The molecule has 0 radical (unpaired) electrons. The Balaban J connectivity index is 1.31. The number of hydrogen-bond donors (Lipinski definition) is 5. The van der Waals surface area contributed by atoms with E-state index in [1.54, 1.807) is 36.5 Å². The molecule has 3 heterocycles. The number of aromatic nitrogens is 2. The first-order valence-electron chi connectivity index (χ1n) is 11.8. The summed E-state index contributed by atoms with van der Waals surface area (Å²) in [6, 6.07) is 6.80. The Labute approximate surface area is 214 Å². The van der Waals surface area contributed by atoms with Crippen LogP contribution >= 0.6 is 0 Å². The third-order valence-electron chi connectivity index (χ3n) is 6.12. The number of amides is 3. The molecule has 13 nitrogen and oxygen atoms in total. The van der Waals surface area contributed by atoms with E-state index in [9.17, 15) is 33.9 Å². The molecule has 1 fully saturated rings. The predicted molar refractivity (Wildman–Crippen MR) is 132 cm³/mol. The van der Waals surface area contributed by atoms with Gasteiger partial charge in [0, 0.05) is 30.7 Å². The van der Waals surface area contributed by atoms with Crippen molar-refractivity contribution in [1.29, 1.82) is 0 Å². The number of pyridine rings is 1. The molecule has 3 aromatic rings. The van der Waals surface area contributed by atoms with Crippen LogP contribution in [-0.4, -0.2) is 55.8 Å². The van der Waals surface area contributed by atoms with E-state index in [1.807, 2.05) is 0 Å². The second-order valence-corrected chi connectivity index (χ2v) is 8.80. The van der Waals surface area contributed by atoms with Crippen molar-refractivity contribution in [3.05, 3.63) is 63.6 Å². The highest BCUT2D eigenvalue weighted by atomic mass is 16.7. The third-order valence-corrected chi connectivity index (χ3v) is 6.12. The number of carbonyl (C=O) groups excluding carboxylic acids is 4. The van der Waals surface area contributed by atoms with Crippen molar-refractivity contribution < 1.29 is 33.9 Å². The second kappa shape index (κ2) is 11.0. The molecule has 0 aliphatic carbocycles. The number of aromatic amines is 2. The van der Waals surface area contributed by atoms with Crippen molar-refractivity contribution >= 4 is 46.4 Å². The van der Waals surface area contributed by atoms with Crippen molar-refractivity contribution in [3.63, 3.8) is 0 Å². The molecule has 1 aliphatic rings. The third kappa shape index (κ3) is 5.88. The van der Waals surface area contributed by atoms with Gasteiger partial charge >= 0.3 is 11.9 Å². The first-order valence-corrected chi connectivity index (χ1v) is 11.8. The van der Waals surface area contributed by atoms with Crippen LogP contribution in [0.3, 0.4) is 0 Å². The van der Waals surface area contributed by atoms with Gasteiger partial charge in [-0.1, -0.05) is 12.1 Å². The Morgan fingerprint density at radius 3 is 2.42 bits per heavy atom. The number of benzene rings is 1. The van der Waals surface area contributed by atoms with Crippen molar-refractivity contribution in [3.8, 4) is 0 Å². The molecule has 1 atom stereocenters. The molecule has 1 saturated heterocycles. The number of nitrogens with two attached hydrogens (primary N) is 1. The Bertz CT molecular complexity index is 1460. The van der Waals surface area contributed by atoms with Crippen LogP contribution in [0, 0.1) is 0 Å². The number of imide groups is 1. The number of anilines is 1. The zero-order valence-corrected chi connectivity index (χ0v) is 20.1. The maximum atomic E-state index is 12.6. The van der Waals surface area contributed by atoms with Crippen LogP contribution in [0.2, 0.25) is 0 Å². The van der Waals surface area contributed by atoms with Gasteiger partial charge in [-0.3, -0.25) is 19.2 Å². The molecule has 1 aromatic carbocycles. The molecule has 198 valence electrons. The number of carbonyl (C=O) groups is 5. The monoisotopic (exact) mass is 523 g/mol. The van der Waals surface area contributed by atoms with Gasteiger partial charge < -0.3 is 31.0 Å². The minimum Gasteiger partial charge on any atom is -0.480 e. The molecule has 38 heavy (non-hydrogen) atoms. The van der Waals surface area contributed by atoms with Gasteiger partial charge in [-0.25, -0.2) is 9.59 Å². The summed E-state index contributed by atoms with van der Waals surface area (Å²) in [4.78, 5) is 81.8. The van der Waals surface area contributed by atoms with E-state index in [4.69, 9.17) is 10.6 Å². The van der Waals surface area contributed by atoms with Crippen molar-refractivity contribution in [1.82, 2.24) is 20.3 Å². The lowest BCUT2D eigenvalue weighted by Crippen LogP contribution is -2.41. The van der Waals surface area contributed by atoms with Gasteiger partial charge in [0.25, 0.3) is 23.3 Å². The van der Waals surface area contributed by atoms with Gasteiger partial charge in [0.2, 0.25) is 0 Å². The fourth-order valence-electron chi connectivity index (χ4n) is 4.11. The Morgan fingerprint density at radius 1 is 1.08 bits per heavy atom. The smallest absolute Gasteiger partial charge is 0.333 e. The molecule has 0 bridgehead atoms. The molecule has 1 unspecified atom stereocenters. The molecular formula is C25H25N5O8. The fourth-order valence-corrected chi connectivity index (χ4v) is 4.11. The SMILES string of the molecule is Nc1cc2[nH]cc(CCc3ccc(C(=O)NC(CCC(=O)ON4C(=O)CCC4=O)C(=O)O)cc3)c2c(=O)[nH]1. The second-order valence-electron chi connectivity index (χ2n) is 8.80. The molecule has 0 spiro atoms. The van der Waals surface area contributed by atoms with Crippen molar-refractivity contribution in [2.45, 2.75) is 44.6 Å². The highest BCUT2D eigenvalue weighted by Crippen LogP contribution is 2.18. The predicted octanol–water partition coefficient (Wildman–Crippen LogP) is 0.794. The molecular weight excluding hydrogens is 498 g/mol. The maximum Gasteiger partial charge on any atom is 0.333 e. The van der Waals surface area contributed by atoms with E-state index in [-0.39, 0.29) is 36.2 Å². The molecule has 13 heteroatoms. The molecule has 3 amide bonds. The maximum absolute atomic E-state index is 12.6. The van der Waals surface area contributed by atoms with E-state index in [0.29, 0.717) is 28.8 Å². The van der Waals surface area contributed by atoms with Crippen LogP contribution in [0.5, 0.6) is 0 Å². The summed E-state index contributed by atoms with van der Waals surface area (Å²) in [5.41, 5.74) is 7.97. The summed E-state index contributed by atoms with van der Waals surface area (Å²) in [5, 5.41) is 12.7. The number of aliphatic carboxylic acids is 1. The first kappa shape index (κ1) is 26.1. The summed E-state index contributed by atoms with van der Waals surface area (Å²) >= 11 is 0. The summed E-state index contributed by atoms with van der Waals surface area (Å²) in [5.74, 6) is -3.98. The van der Waals surface area contributed by atoms with Crippen LogP contribution in [-0.2, 0) is 36.9 Å². The largest absolute Gasteiger partial charge is 0.480 e. The Hall–Kier alpha value is -4.94. The highest BCUT2D eigenvalue weighted by Gasteiger charge is 2.33. The van der Waals surface area contributed by atoms with Gasteiger partial charge in [0.1, 0.15) is 11.9 Å². The van der Waals surface area contributed by atoms with Crippen LogP contribution in [0.15, 0.2) is 41.3 Å². The number of rotatable bonds is 10. The number of fused-ring (bicyclic) bond motifs is 1. The topological polar surface area (TPSA) is 205 Å². The number of carboxylic acid groups (broad SMARTS) is 1. The van der Waals surface area contributed by atoms with Gasteiger partial charge in [-0.15, -0.1) is 5.06 Å². The summed E-state index contributed by atoms with van der Waals surface area (Å²) < 4.78 is 0. The van der Waals surface area contributed by atoms with Crippen molar-refractivity contribution in [2.24, 2.45) is 0 Å². The number of hydrogen-bond acceptors (Lipinski definition) is 8. The molecule has 0 saturated carbocycles. The zero-order valence-electron chi connectivity index (χ0n) is 20.1. The summed E-state index contributed by atoms with van der Waals surface area (Å²) in [6.45, 7) is 0. The fraction of sp³-hybridized carbons (Fsp3) is 0.280. The van der Waals surface area contributed by atoms with Crippen LogP contribution in [0.4, 0.5) is 5.82 Å². The highest BCUT2D eigenvalue weighted by molar-refractivity contribution is 6.01. The number of nitrogen functional groups attached to an aromatic ring is 1. The minimum atomic E-state index is -1.39. The van der Waals surface area contributed by atoms with E-state index in [0.717, 1.165) is 11.1 Å². The number of nitrogens with one attached hydrogen (secondary N) is 3. The zero-order chi connectivity index (χ0) is 27.4. The molecule has 6 N–H and O–H groups in total. The summed E-state index contributed by atoms with van der Waals surface area (Å²) in [7, 11) is 0. The standard InChI is InChI=1S/C25H25N5O8/c26-18-11-17-22(24(35)29-18)15(12-27-17)6-3-13-1-4-14(5-2-13)23(34)28-16(25(36)37)7-10-21(33)38-30-19(31)8-9-20(30)32/h1-2,4-5,11-12,16,27H,3,6-10H2,(H,28,34)(H,36,37)(H3,26,29,35). The number of hydroxylamine groups is 2. The van der Waals surface area contributed by atoms with E-state index in [2.05, 4.69) is 15.3 Å². The van der Waals surface area contributed by atoms with E-state index >= 15 is 0 Å². The normalized spacial score (nSPS) is 14.1. The van der Waals surface area contributed by atoms with Crippen LogP contribution in [0.25, 0.3) is 10.9 Å². The van der Waals surface area contributed by atoms with Gasteiger partial charge in [-0.2, -0.15) is 0 Å². The number of carboxylic acids is 1. The average molecular weight is 524 g/mol. The minimum absolute atomic E-state index is 0.0584. The lowest BCUT2D eigenvalue weighted by atomic mass is 10.0. The van der Waals surface area contributed by atoms with Gasteiger partial charge in [-0.05, 0) is 42.5 Å². The Morgan fingerprint density at radius 2 is 1.76 bits per heavy atom. The van der Waals surface area contributed by atoms with Crippen LogP contribution in [0.1, 0.15) is 47.2 Å². The Kier molecular flexibility index (Phi) is 7.55. The number of aryl methyl sites for hydroxylation is 2. The molecule has 1 aliphatic heterocycles. The van der Waals surface area contributed by atoms with Gasteiger partial charge in [0.05, 0.1) is 17.3 Å². The van der Waals surface area contributed by atoms with Crippen LogP contribution < -0.4 is 16.6 Å².